The number of rotatable bonds is 4. The molecule has 1 amide bonds. The van der Waals surface area contributed by atoms with E-state index >= 15 is 0 Å². The van der Waals surface area contributed by atoms with E-state index in [1.54, 1.807) is 0 Å². The van der Waals surface area contributed by atoms with Crippen LogP contribution in [-0.4, -0.2) is 39.1 Å². The molecular weight excluding hydrogens is 284 g/mol. The van der Waals surface area contributed by atoms with Crippen molar-refractivity contribution in [1.82, 2.24) is 4.47 Å². The van der Waals surface area contributed by atoms with Crippen LogP contribution >= 0.6 is 0 Å². The highest BCUT2D eigenvalue weighted by Gasteiger charge is 2.28. The number of benzene rings is 1. The van der Waals surface area contributed by atoms with E-state index in [1.807, 2.05) is 0 Å². The summed E-state index contributed by atoms with van der Waals surface area (Å²) < 4.78 is 30.7. The number of nitrogens with two attached hydrogens (primary N) is 1. The van der Waals surface area contributed by atoms with Gasteiger partial charge in [-0.25, -0.2) is 8.42 Å². The predicted molar refractivity (Wildman–Crippen MR) is 70.6 cm³/mol. The van der Waals surface area contributed by atoms with Crippen LogP contribution < -0.4 is 10.5 Å². The Hall–Kier alpha value is -1.64. The van der Waals surface area contributed by atoms with E-state index in [-0.39, 0.29) is 16.2 Å². The average Bonchev–Trinajstić information content (AvgIpc) is 2.47. The third-order valence-electron chi connectivity index (χ3n) is 2.97. The quantitative estimate of drug-likeness (QED) is 0.873. The highest BCUT2D eigenvalue weighted by atomic mass is 32.2. The maximum Gasteiger partial charge on any atom is 0.265 e. The van der Waals surface area contributed by atoms with Crippen molar-refractivity contribution in [3.63, 3.8) is 0 Å². The van der Waals surface area contributed by atoms with Crippen molar-refractivity contribution in [3.05, 3.63) is 23.8 Å². The van der Waals surface area contributed by atoms with Gasteiger partial charge in [-0.2, -0.15) is 0 Å². The summed E-state index contributed by atoms with van der Waals surface area (Å²) in [6.07, 6.45) is 1.55. The van der Waals surface area contributed by atoms with Crippen LogP contribution in [0.5, 0.6) is 5.75 Å². The van der Waals surface area contributed by atoms with Gasteiger partial charge in [0, 0.05) is 6.54 Å². The third-order valence-corrected chi connectivity index (χ3v) is 4.65. The number of amides is 1. The van der Waals surface area contributed by atoms with E-state index in [4.69, 9.17) is 15.3 Å². The first kappa shape index (κ1) is 14.8. The van der Waals surface area contributed by atoms with E-state index in [1.165, 1.54) is 25.3 Å². The topological polar surface area (TPSA) is 98.9 Å². The maximum atomic E-state index is 12.4. The number of sulfonamides is 1. The Morgan fingerprint density at radius 3 is 2.70 bits per heavy atom. The Bertz CT molecular complexity index is 608. The standard InChI is InChI=1S/C12H16N2O5S/c1-18-11-5-4-9(8-10(11)12(13)15)20(16,17)14-6-2-3-7-19-14/h4-5,8H,2-3,6-7H2,1H3,(H2,13,15). The van der Waals surface area contributed by atoms with Crippen molar-refractivity contribution >= 4 is 15.9 Å². The Labute approximate surface area is 117 Å². The summed E-state index contributed by atoms with van der Waals surface area (Å²) in [5, 5.41) is 0. The van der Waals surface area contributed by atoms with Gasteiger partial charge in [0.1, 0.15) is 5.75 Å². The molecule has 0 radical (unpaired) electrons. The van der Waals surface area contributed by atoms with Crippen molar-refractivity contribution in [2.45, 2.75) is 17.7 Å². The third kappa shape index (κ3) is 2.77. The molecule has 0 atom stereocenters. The predicted octanol–water partition coefficient (Wildman–Crippen LogP) is 0.510. The average molecular weight is 300 g/mol. The minimum absolute atomic E-state index is 0.0191. The molecule has 2 N–H and O–H groups in total. The number of nitrogens with zero attached hydrogens (tertiary/aromatic N) is 1. The lowest BCUT2D eigenvalue weighted by Gasteiger charge is -2.25. The molecular formula is C12H16N2O5S. The first-order valence-electron chi connectivity index (χ1n) is 6.10. The van der Waals surface area contributed by atoms with E-state index in [0.717, 1.165) is 17.3 Å². The van der Waals surface area contributed by atoms with Crippen molar-refractivity contribution in [2.24, 2.45) is 5.73 Å². The van der Waals surface area contributed by atoms with Gasteiger partial charge in [-0.3, -0.25) is 9.63 Å². The van der Waals surface area contributed by atoms with Gasteiger partial charge >= 0.3 is 0 Å². The Morgan fingerprint density at radius 2 is 2.15 bits per heavy atom. The fourth-order valence-corrected chi connectivity index (χ4v) is 3.25. The van der Waals surface area contributed by atoms with Crippen LogP contribution in [0.1, 0.15) is 23.2 Å². The number of hydroxylamine groups is 1. The van der Waals surface area contributed by atoms with Gasteiger partial charge in [-0.05, 0) is 31.0 Å². The smallest absolute Gasteiger partial charge is 0.265 e. The molecule has 7 nitrogen and oxygen atoms in total. The summed E-state index contributed by atoms with van der Waals surface area (Å²) in [7, 11) is -2.42. The number of primary amides is 1. The summed E-state index contributed by atoms with van der Waals surface area (Å²) >= 11 is 0. The lowest BCUT2D eigenvalue weighted by molar-refractivity contribution is -0.108. The molecule has 1 saturated heterocycles. The van der Waals surface area contributed by atoms with E-state index in [9.17, 15) is 13.2 Å². The zero-order chi connectivity index (χ0) is 14.8. The maximum absolute atomic E-state index is 12.4. The van der Waals surface area contributed by atoms with Crippen LogP contribution in [-0.2, 0) is 14.9 Å². The summed E-state index contributed by atoms with van der Waals surface area (Å²) in [6.45, 7) is 0.651. The van der Waals surface area contributed by atoms with Crippen molar-refractivity contribution in [1.29, 1.82) is 0 Å². The van der Waals surface area contributed by atoms with Crippen LogP contribution in [0, 0.1) is 0 Å². The molecule has 110 valence electrons. The summed E-state index contributed by atoms with van der Waals surface area (Å²) in [5.41, 5.74) is 5.24. The van der Waals surface area contributed by atoms with E-state index in [0.29, 0.717) is 13.2 Å². The molecule has 1 aliphatic heterocycles. The molecule has 0 aromatic heterocycles. The monoisotopic (exact) mass is 300 g/mol. The van der Waals surface area contributed by atoms with Crippen molar-refractivity contribution in [2.75, 3.05) is 20.3 Å². The number of methoxy groups -OCH3 is 1. The molecule has 2 rings (SSSR count). The second kappa shape index (κ2) is 5.78. The van der Waals surface area contributed by atoms with Gasteiger partial charge in [-0.1, -0.05) is 4.47 Å². The SMILES string of the molecule is COc1ccc(S(=O)(=O)N2CCCCO2)cc1C(N)=O. The van der Waals surface area contributed by atoms with E-state index in [2.05, 4.69) is 0 Å². The molecule has 20 heavy (non-hydrogen) atoms. The highest BCUT2D eigenvalue weighted by Crippen LogP contribution is 2.25. The van der Waals surface area contributed by atoms with Crippen LogP contribution in [0.4, 0.5) is 0 Å². The fraction of sp³-hybridized carbons (Fsp3) is 0.417. The van der Waals surface area contributed by atoms with Crippen LogP contribution in [0.2, 0.25) is 0 Å². The number of hydrogen-bond acceptors (Lipinski definition) is 5. The molecule has 0 saturated carbocycles. The molecule has 8 heteroatoms. The largest absolute Gasteiger partial charge is 0.496 e. The van der Waals surface area contributed by atoms with Gasteiger partial charge in [-0.15, -0.1) is 0 Å². The first-order valence-corrected chi connectivity index (χ1v) is 7.54. The number of hydrogen-bond donors (Lipinski definition) is 1. The lowest BCUT2D eigenvalue weighted by Crippen LogP contribution is -2.35. The minimum atomic E-state index is -3.80. The van der Waals surface area contributed by atoms with Crippen LogP contribution in [0.3, 0.4) is 0 Å². The Balaban J connectivity index is 2.41. The summed E-state index contributed by atoms with van der Waals surface area (Å²) in [4.78, 5) is 16.4. The Morgan fingerprint density at radius 1 is 1.40 bits per heavy atom. The van der Waals surface area contributed by atoms with Gasteiger partial charge in [0.15, 0.2) is 0 Å². The zero-order valence-electron chi connectivity index (χ0n) is 11.0. The molecule has 1 aromatic rings. The van der Waals surface area contributed by atoms with Crippen LogP contribution in [0.15, 0.2) is 23.1 Å². The summed E-state index contributed by atoms with van der Waals surface area (Å²) in [5.74, 6) is -0.519. The normalized spacial score (nSPS) is 16.9. The molecule has 1 aliphatic rings. The second-order valence-corrected chi connectivity index (χ2v) is 6.13. The zero-order valence-corrected chi connectivity index (χ0v) is 11.9. The van der Waals surface area contributed by atoms with Gasteiger partial charge in [0.25, 0.3) is 15.9 Å². The molecule has 1 fully saturated rings. The van der Waals surface area contributed by atoms with Gasteiger partial charge in [0.2, 0.25) is 0 Å². The van der Waals surface area contributed by atoms with Crippen molar-refractivity contribution in [3.8, 4) is 5.75 Å². The fourth-order valence-electron chi connectivity index (χ4n) is 1.92. The summed E-state index contributed by atoms with van der Waals surface area (Å²) in [6, 6.07) is 3.96. The molecule has 0 aliphatic carbocycles. The Kier molecular flexibility index (Phi) is 4.26. The molecule has 0 spiro atoms. The first-order chi connectivity index (χ1) is 9.46. The highest BCUT2D eigenvalue weighted by molar-refractivity contribution is 7.89. The number of ether oxygens (including phenoxy) is 1. The molecule has 1 aromatic carbocycles. The number of carbonyl (C=O) groups excluding carboxylic acids is 1. The van der Waals surface area contributed by atoms with E-state index < -0.39 is 15.9 Å². The molecule has 0 unspecified atom stereocenters. The second-order valence-electron chi connectivity index (χ2n) is 4.30. The van der Waals surface area contributed by atoms with Crippen molar-refractivity contribution < 1.29 is 22.8 Å². The van der Waals surface area contributed by atoms with Gasteiger partial charge in [0.05, 0.1) is 24.2 Å². The molecule has 1 heterocycles. The molecule has 0 bridgehead atoms. The number of carbonyl (C=O) groups is 1. The minimum Gasteiger partial charge on any atom is -0.496 e. The lowest BCUT2D eigenvalue weighted by atomic mass is 10.2. The van der Waals surface area contributed by atoms with Crippen LogP contribution in [0.25, 0.3) is 0 Å². The van der Waals surface area contributed by atoms with Gasteiger partial charge < -0.3 is 10.5 Å².